The van der Waals surface area contributed by atoms with Gasteiger partial charge in [-0.05, 0) is 55.9 Å². The highest BCUT2D eigenvalue weighted by molar-refractivity contribution is 5.94. The third-order valence-corrected chi connectivity index (χ3v) is 9.64. The third kappa shape index (κ3) is 2.77. The summed E-state index contributed by atoms with van der Waals surface area (Å²) in [6, 6.07) is 0. The molecule has 0 aromatic rings. The number of allylic oxidation sites excluding steroid dienone is 1. The van der Waals surface area contributed by atoms with Crippen LogP contribution >= 0.6 is 0 Å². The number of aliphatic hydroxyl groups is 2. The van der Waals surface area contributed by atoms with Crippen LogP contribution in [0.3, 0.4) is 0 Å². The fraction of sp³-hybridized carbons (Fsp3) is 0.800. The molecule has 4 rings (SSSR count). The lowest BCUT2D eigenvalue weighted by molar-refractivity contribution is -0.172. The summed E-state index contributed by atoms with van der Waals surface area (Å²) >= 11 is 0. The maximum absolute atomic E-state index is 13.7. The highest BCUT2D eigenvalue weighted by atomic mass is 16.3. The minimum Gasteiger partial charge on any atom is -0.388 e. The number of hydrogen-bond donors (Lipinski definition) is 2. The molecule has 4 aliphatic rings. The van der Waals surface area contributed by atoms with Crippen molar-refractivity contribution in [2.75, 3.05) is 6.61 Å². The molecule has 3 fully saturated rings. The molecule has 1 unspecified atom stereocenters. The molecule has 0 aromatic carbocycles. The largest absolute Gasteiger partial charge is 0.388 e. The van der Waals surface area contributed by atoms with Gasteiger partial charge in [-0.15, -0.1) is 0 Å². The van der Waals surface area contributed by atoms with Crippen molar-refractivity contribution in [3.8, 4) is 0 Å². The van der Waals surface area contributed by atoms with Crippen LogP contribution in [-0.4, -0.2) is 39.8 Å². The SMILES string of the molecule is CCCCC1CC(=O)C=C2CC[C@H]3[C@@H]4CC[C@](O)(C(=O)CO)[C@@]4(C)CC(=O)[C@@H]3[C@]21C. The topological polar surface area (TPSA) is 91.7 Å². The molecule has 0 bridgehead atoms. The normalized spacial score (nSPS) is 45.4. The standard InChI is InChI=1S/C25H36O5/c1-4-5-6-15-11-17(27)12-16-7-8-18-19-9-10-25(30,21(29)14-26)23(19,2)13-20(28)22(18)24(15,16)3/h12,15,18-19,22,26,30H,4-11,13-14H2,1-3H3/t15?,18-,19-,22+,23-,24-,25-/m0/s1. The summed E-state index contributed by atoms with van der Waals surface area (Å²) < 4.78 is 0. The number of rotatable bonds is 5. The van der Waals surface area contributed by atoms with Crippen molar-refractivity contribution in [2.45, 2.75) is 84.2 Å². The van der Waals surface area contributed by atoms with Crippen LogP contribution in [0.1, 0.15) is 78.6 Å². The number of Topliss-reactive ketones (excluding diaryl/α,β-unsaturated/α-hetero) is 2. The van der Waals surface area contributed by atoms with Crippen LogP contribution < -0.4 is 0 Å². The minimum atomic E-state index is -1.62. The van der Waals surface area contributed by atoms with Crippen molar-refractivity contribution in [1.29, 1.82) is 0 Å². The molecular formula is C25H36O5. The molecule has 7 atom stereocenters. The molecule has 0 aromatic heterocycles. The van der Waals surface area contributed by atoms with Gasteiger partial charge < -0.3 is 10.2 Å². The van der Waals surface area contributed by atoms with Gasteiger partial charge in [-0.2, -0.15) is 0 Å². The van der Waals surface area contributed by atoms with E-state index in [2.05, 4.69) is 13.8 Å². The summed E-state index contributed by atoms with van der Waals surface area (Å²) in [5.41, 5.74) is -1.58. The van der Waals surface area contributed by atoms with Crippen LogP contribution in [-0.2, 0) is 14.4 Å². The van der Waals surface area contributed by atoms with Crippen LogP contribution in [0.15, 0.2) is 11.6 Å². The van der Waals surface area contributed by atoms with Crippen molar-refractivity contribution < 1.29 is 24.6 Å². The number of fused-ring (bicyclic) bond motifs is 5. The summed E-state index contributed by atoms with van der Waals surface area (Å²) in [6.07, 6.45) is 8.28. The van der Waals surface area contributed by atoms with Gasteiger partial charge in [0.05, 0.1) is 0 Å². The zero-order valence-corrected chi connectivity index (χ0v) is 18.6. The fourth-order valence-electron chi connectivity index (χ4n) is 8.01. The van der Waals surface area contributed by atoms with Crippen LogP contribution in [0, 0.1) is 34.5 Å². The number of carbonyl (C=O) groups excluding carboxylic acids is 3. The van der Waals surface area contributed by atoms with E-state index in [1.54, 1.807) is 0 Å². The van der Waals surface area contributed by atoms with Gasteiger partial charge in [-0.3, -0.25) is 14.4 Å². The van der Waals surface area contributed by atoms with E-state index in [1.165, 1.54) is 0 Å². The van der Waals surface area contributed by atoms with Crippen molar-refractivity contribution in [3.63, 3.8) is 0 Å². The lowest BCUT2D eigenvalue weighted by Gasteiger charge is -2.59. The first-order valence-corrected chi connectivity index (χ1v) is 11.8. The Labute approximate surface area is 179 Å². The Morgan fingerprint density at radius 3 is 2.63 bits per heavy atom. The number of ketones is 3. The second-order valence-electron chi connectivity index (χ2n) is 10.8. The Kier molecular flexibility index (Phi) is 5.38. The van der Waals surface area contributed by atoms with Gasteiger partial charge in [-0.25, -0.2) is 0 Å². The molecule has 0 radical (unpaired) electrons. The van der Waals surface area contributed by atoms with Gasteiger partial charge in [0.15, 0.2) is 11.6 Å². The molecule has 4 aliphatic carbocycles. The van der Waals surface area contributed by atoms with E-state index in [1.807, 2.05) is 13.0 Å². The first-order valence-electron chi connectivity index (χ1n) is 11.8. The van der Waals surface area contributed by atoms with Crippen molar-refractivity contribution in [3.05, 3.63) is 11.6 Å². The number of unbranched alkanes of at least 4 members (excludes halogenated alkanes) is 1. The van der Waals surface area contributed by atoms with Gasteiger partial charge in [0.2, 0.25) is 0 Å². The highest BCUT2D eigenvalue weighted by Gasteiger charge is 2.69. The summed E-state index contributed by atoms with van der Waals surface area (Å²) in [6.45, 7) is 5.57. The monoisotopic (exact) mass is 416 g/mol. The fourth-order valence-corrected chi connectivity index (χ4v) is 8.01. The van der Waals surface area contributed by atoms with Gasteiger partial charge >= 0.3 is 0 Å². The number of carbonyl (C=O) groups is 3. The average Bonchev–Trinajstić information content (AvgIpc) is 2.97. The quantitative estimate of drug-likeness (QED) is 0.717. The highest BCUT2D eigenvalue weighted by Crippen LogP contribution is 2.67. The minimum absolute atomic E-state index is 0.0866. The Balaban J connectivity index is 1.75. The summed E-state index contributed by atoms with van der Waals surface area (Å²) in [4.78, 5) is 38.7. The molecule has 30 heavy (non-hydrogen) atoms. The Bertz CT molecular complexity index is 799. The van der Waals surface area contributed by atoms with Crippen LogP contribution in [0.5, 0.6) is 0 Å². The Hall–Kier alpha value is -1.33. The molecule has 5 nitrogen and oxygen atoms in total. The second-order valence-corrected chi connectivity index (χ2v) is 10.8. The van der Waals surface area contributed by atoms with Crippen LogP contribution in [0.4, 0.5) is 0 Å². The van der Waals surface area contributed by atoms with E-state index in [9.17, 15) is 24.6 Å². The number of aliphatic hydroxyl groups excluding tert-OH is 1. The van der Waals surface area contributed by atoms with Gasteiger partial charge in [0.1, 0.15) is 18.0 Å². The van der Waals surface area contributed by atoms with E-state index in [0.29, 0.717) is 19.3 Å². The molecule has 0 spiro atoms. The Morgan fingerprint density at radius 2 is 1.97 bits per heavy atom. The average molecular weight is 417 g/mol. The van der Waals surface area contributed by atoms with E-state index >= 15 is 0 Å². The van der Waals surface area contributed by atoms with Gasteiger partial charge in [0, 0.05) is 29.6 Å². The lowest BCUT2D eigenvalue weighted by Crippen LogP contribution is -2.62. The molecule has 0 heterocycles. The predicted molar refractivity (Wildman–Crippen MR) is 113 cm³/mol. The number of hydrogen-bond acceptors (Lipinski definition) is 5. The van der Waals surface area contributed by atoms with Crippen LogP contribution in [0.2, 0.25) is 0 Å². The van der Waals surface area contributed by atoms with Gasteiger partial charge in [-0.1, -0.05) is 39.2 Å². The molecular weight excluding hydrogens is 380 g/mol. The van der Waals surface area contributed by atoms with Gasteiger partial charge in [0.25, 0.3) is 0 Å². The van der Waals surface area contributed by atoms with E-state index in [4.69, 9.17) is 0 Å². The van der Waals surface area contributed by atoms with Crippen molar-refractivity contribution in [1.82, 2.24) is 0 Å². The molecule has 5 heteroatoms. The van der Waals surface area contributed by atoms with E-state index in [-0.39, 0.29) is 47.1 Å². The molecule has 0 saturated heterocycles. The predicted octanol–water partition coefficient (Wildman–Crippen LogP) is 3.41. The third-order valence-electron chi connectivity index (χ3n) is 9.64. The zero-order chi connectivity index (χ0) is 21.9. The first kappa shape index (κ1) is 21.9. The first-order chi connectivity index (χ1) is 14.1. The molecule has 0 amide bonds. The summed E-state index contributed by atoms with van der Waals surface area (Å²) in [5.74, 6) is 0.0282. The molecule has 0 aliphatic heterocycles. The smallest absolute Gasteiger partial charge is 0.190 e. The van der Waals surface area contributed by atoms with E-state index < -0.39 is 23.4 Å². The van der Waals surface area contributed by atoms with Crippen LogP contribution in [0.25, 0.3) is 0 Å². The summed E-state index contributed by atoms with van der Waals surface area (Å²) in [5, 5.41) is 20.8. The maximum Gasteiger partial charge on any atom is 0.190 e. The lowest BCUT2D eigenvalue weighted by atomic mass is 9.43. The molecule has 3 saturated carbocycles. The Morgan fingerprint density at radius 1 is 1.23 bits per heavy atom. The molecule has 166 valence electrons. The molecule has 2 N–H and O–H groups in total. The van der Waals surface area contributed by atoms with Crippen molar-refractivity contribution in [2.24, 2.45) is 34.5 Å². The van der Waals surface area contributed by atoms with Crippen molar-refractivity contribution >= 4 is 17.3 Å². The second kappa shape index (κ2) is 7.37. The summed E-state index contributed by atoms with van der Waals surface area (Å²) in [7, 11) is 0. The zero-order valence-electron chi connectivity index (χ0n) is 18.6. The maximum atomic E-state index is 13.7. The van der Waals surface area contributed by atoms with E-state index in [0.717, 1.165) is 37.7 Å².